The molecule has 0 amide bonds. The molecule has 1 saturated heterocycles. The second-order valence-corrected chi connectivity index (χ2v) is 8.55. The number of nitrogens with zero attached hydrogens (tertiary/aromatic N) is 4. The van der Waals surface area contributed by atoms with Gasteiger partial charge in [-0.2, -0.15) is 0 Å². The van der Waals surface area contributed by atoms with Gasteiger partial charge >= 0.3 is 5.69 Å². The number of imidazole rings is 1. The summed E-state index contributed by atoms with van der Waals surface area (Å²) in [7, 11) is 0. The van der Waals surface area contributed by atoms with Gasteiger partial charge in [0, 0.05) is 36.6 Å². The molecule has 0 radical (unpaired) electrons. The number of aromatic amines is 1. The lowest BCUT2D eigenvalue weighted by atomic mass is 10.0. The van der Waals surface area contributed by atoms with Crippen LogP contribution >= 0.6 is 0 Å². The fraction of sp³-hybridized carbons (Fsp3) is 0.320. The number of rotatable bonds is 6. The highest BCUT2D eigenvalue weighted by Crippen LogP contribution is 2.24. The minimum Gasteiger partial charge on any atom is -0.440 e. The number of nitrogens with one attached hydrogen (secondary N) is 1. The second-order valence-electron chi connectivity index (χ2n) is 8.55. The number of benzene rings is 1. The maximum absolute atomic E-state index is 12.1. The zero-order valence-corrected chi connectivity index (χ0v) is 18.5. The summed E-state index contributed by atoms with van der Waals surface area (Å²) in [4.78, 5) is 26.2. The topological polar surface area (TPSA) is 79.9 Å². The summed E-state index contributed by atoms with van der Waals surface area (Å²) in [6.45, 7) is 7.35. The highest BCUT2D eigenvalue weighted by Gasteiger charge is 2.14. The van der Waals surface area contributed by atoms with Crippen LogP contribution in [0.25, 0.3) is 17.1 Å². The maximum atomic E-state index is 12.1. The molecular formula is C25H27N5O2. The molecule has 164 valence electrons. The highest BCUT2D eigenvalue weighted by molar-refractivity contribution is 5.58. The third-order valence-corrected chi connectivity index (χ3v) is 6.04. The molecule has 5 rings (SSSR count). The summed E-state index contributed by atoms with van der Waals surface area (Å²) in [6, 6.07) is 10.4. The first-order valence-electron chi connectivity index (χ1n) is 11.1. The van der Waals surface area contributed by atoms with E-state index in [9.17, 15) is 4.79 Å². The van der Waals surface area contributed by atoms with Gasteiger partial charge in [0.2, 0.25) is 0 Å². The normalized spacial score (nSPS) is 14.3. The highest BCUT2D eigenvalue weighted by atomic mass is 16.4. The summed E-state index contributed by atoms with van der Waals surface area (Å²) in [5.41, 5.74) is 5.22. The Morgan fingerprint density at radius 2 is 1.94 bits per heavy atom. The van der Waals surface area contributed by atoms with Gasteiger partial charge in [-0.3, -0.25) is 9.47 Å². The monoisotopic (exact) mass is 429 g/mol. The molecule has 1 aliphatic rings. The number of H-pyrrole nitrogens is 1. The van der Waals surface area contributed by atoms with Crippen LogP contribution in [0.15, 0.2) is 58.1 Å². The van der Waals surface area contributed by atoms with Crippen LogP contribution in [0.4, 0.5) is 0 Å². The van der Waals surface area contributed by atoms with Crippen LogP contribution in [0.2, 0.25) is 0 Å². The van der Waals surface area contributed by atoms with Crippen molar-refractivity contribution < 1.29 is 4.42 Å². The number of aryl methyl sites for hydroxylation is 2. The van der Waals surface area contributed by atoms with Gasteiger partial charge in [-0.25, -0.2) is 14.8 Å². The molecule has 0 bridgehead atoms. The molecule has 0 spiro atoms. The number of aromatic nitrogens is 4. The standard InChI is InChI=1S/C25H27N5O2/c1-17-5-6-19(16-29-9-3-4-10-29)11-21(17)13-24-27-14-22(32-24)20-7-8-26-23(12-20)30-15-18(2)28-25(30)31/h5-8,11-12,14-15H,3-4,9-10,13,16H2,1-2H3,(H,28,31). The number of hydrogen-bond donors (Lipinski definition) is 1. The molecule has 1 fully saturated rings. The predicted octanol–water partition coefficient (Wildman–Crippen LogP) is 4.02. The van der Waals surface area contributed by atoms with Gasteiger partial charge in [0.15, 0.2) is 11.7 Å². The lowest BCUT2D eigenvalue weighted by Crippen LogP contribution is -2.18. The third kappa shape index (κ3) is 4.29. The van der Waals surface area contributed by atoms with E-state index in [1.165, 1.54) is 47.2 Å². The minimum absolute atomic E-state index is 0.213. The quantitative estimate of drug-likeness (QED) is 0.501. The van der Waals surface area contributed by atoms with Gasteiger partial charge in [0.1, 0.15) is 5.82 Å². The Hall–Kier alpha value is -3.45. The van der Waals surface area contributed by atoms with E-state index in [1.54, 1.807) is 18.6 Å². The Bertz CT molecular complexity index is 1290. The van der Waals surface area contributed by atoms with E-state index in [4.69, 9.17) is 4.42 Å². The number of likely N-dealkylation sites (tertiary alicyclic amines) is 1. The molecule has 0 aliphatic carbocycles. The van der Waals surface area contributed by atoms with Crippen LogP contribution < -0.4 is 5.69 Å². The first kappa shape index (κ1) is 20.5. The fourth-order valence-electron chi connectivity index (χ4n) is 4.29. The van der Waals surface area contributed by atoms with Crippen molar-refractivity contribution in [3.63, 3.8) is 0 Å². The third-order valence-electron chi connectivity index (χ3n) is 6.04. The van der Waals surface area contributed by atoms with Crippen LogP contribution in [0, 0.1) is 13.8 Å². The molecule has 7 nitrogen and oxygen atoms in total. The molecule has 4 aromatic rings. The summed E-state index contributed by atoms with van der Waals surface area (Å²) < 4.78 is 7.58. The summed E-state index contributed by atoms with van der Waals surface area (Å²) >= 11 is 0. The summed E-state index contributed by atoms with van der Waals surface area (Å²) in [6.07, 6.45) is 8.39. The molecular weight excluding hydrogens is 402 g/mol. The lowest BCUT2D eigenvalue weighted by Gasteiger charge is -2.16. The van der Waals surface area contributed by atoms with Gasteiger partial charge < -0.3 is 9.40 Å². The van der Waals surface area contributed by atoms with E-state index in [0.717, 1.165) is 17.8 Å². The number of pyridine rings is 1. The molecule has 7 heteroatoms. The van der Waals surface area contributed by atoms with Crippen molar-refractivity contribution >= 4 is 0 Å². The number of hydrogen-bond acceptors (Lipinski definition) is 5. The van der Waals surface area contributed by atoms with Crippen molar-refractivity contribution in [3.05, 3.63) is 87.7 Å². The molecule has 3 aromatic heterocycles. The van der Waals surface area contributed by atoms with Gasteiger partial charge in [0.25, 0.3) is 0 Å². The van der Waals surface area contributed by atoms with Gasteiger partial charge in [-0.15, -0.1) is 0 Å². The van der Waals surface area contributed by atoms with E-state index >= 15 is 0 Å². The van der Waals surface area contributed by atoms with Crippen LogP contribution in [-0.4, -0.2) is 37.5 Å². The zero-order valence-electron chi connectivity index (χ0n) is 18.5. The summed E-state index contributed by atoms with van der Waals surface area (Å²) in [5, 5.41) is 0. The molecule has 1 aliphatic heterocycles. The molecule has 32 heavy (non-hydrogen) atoms. The first-order valence-corrected chi connectivity index (χ1v) is 11.1. The van der Waals surface area contributed by atoms with Gasteiger partial charge in [-0.05, 0) is 68.6 Å². The fourth-order valence-corrected chi connectivity index (χ4v) is 4.29. The molecule has 0 atom stereocenters. The average Bonchev–Trinajstić information content (AvgIpc) is 3.53. The maximum Gasteiger partial charge on any atom is 0.331 e. The molecule has 1 aromatic carbocycles. The van der Waals surface area contributed by atoms with Crippen LogP contribution in [0.1, 0.15) is 41.1 Å². The van der Waals surface area contributed by atoms with Crippen LogP contribution in [-0.2, 0) is 13.0 Å². The van der Waals surface area contributed by atoms with E-state index < -0.39 is 0 Å². The first-order chi connectivity index (χ1) is 15.5. The Balaban J connectivity index is 1.36. The lowest BCUT2D eigenvalue weighted by molar-refractivity contribution is 0.331. The Morgan fingerprint density at radius 3 is 2.72 bits per heavy atom. The number of oxazole rings is 1. The average molecular weight is 430 g/mol. The molecule has 0 saturated carbocycles. The van der Waals surface area contributed by atoms with Crippen molar-refractivity contribution in [2.24, 2.45) is 0 Å². The van der Waals surface area contributed by atoms with Crippen LogP contribution in [0.3, 0.4) is 0 Å². The zero-order chi connectivity index (χ0) is 22.1. The second kappa shape index (κ2) is 8.59. The Kier molecular flexibility index (Phi) is 5.49. The molecule has 0 unspecified atom stereocenters. The van der Waals surface area contributed by atoms with Crippen LogP contribution in [0.5, 0.6) is 0 Å². The van der Waals surface area contributed by atoms with Crippen molar-refractivity contribution in [3.8, 4) is 17.1 Å². The van der Waals surface area contributed by atoms with Crippen molar-refractivity contribution in [1.29, 1.82) is 0 Å². The van der Waals surface area contributed by atoms with Crippen molar-refractivity contribution in [1.82, 2.24) is 24.4 Å². The van der Waals surface area contributed by atoms with Crippen molar-refractivity contribution in [2.75, 3.05) is 13.1 Å². The van der Waals surface area contributed by atoms with E-state index in [0.29, 0.717) is 23.9 Å². The predicted molar refractivity (Wildman–Crippen MR) is 123 cm³/mol. The largest absolute Gasteiger partial charge is 0.440 e. The van der Waals surface area contributed by atoms with Crippen molar-refractivity contribution in [2.45, 2.75) is 39.7 Å². The molecule has 4 heterocycles. The van der Waals surface area contributed by atoms with E-state index in [-0.39, 0.29) is 5.69 Å². The SMILES string of the molecule is Cc1cn(-c2cc(-c3cnc(Cc4cc(CN5CCCC5)ccc4C)o3)ccn2)c(=O)[nH]1. The Morgan fingerprint density at radius 1 is 1.09 bits per heavy atom. The van der Waals surface area contributed by atoms with E-state index in [1.807, 2.05) is 19.1 Å². The van der Waals surface area contributed by atoms with E-state index in [2.05, 4.69) is 45.0 Å². The minimum atomic E-state index is -0.213. The summed E-state index contributed by atoms with van der Waals surface area (Å²) in [5.74, 6) is 1.88. The molecule has 1 N–H and O–H groups in total. The Labute approximate surface area is 186 Å². The van der Waals surface area contributed by atoms with Gasteiger partial charge in [-0.1, -0.05) is 18.2 Å². The smallest absolute Gasteiger partial charge is 0.331 e. The van der Waals surface area contributed by atoms with Gasteiger partial charge in [0.05, 0.1) is 6.20 Å².